The third-order valence-corrected chi connectivity index (χ3v) is 7.76. The van der Waals surface area contributed by atoms with Crippen molar-refractivity contribution < 1.29 is 24.5 Å². The molecule has 3 aromatic carbocycles. The third kappa shape index (κ3) is 5.31. The van der Waals surface area contributed by atoms with Crippen LogP contribution in [0.1, 0.15) is 21.6 Å². The number of benzene rings is 3. The van der Waals surface area contributed by atoms with Crippen LogP contribution in [0.3, 0.4) is 0 Å². The Morgan fingerprint density at radius 2 is 1.51 bits per heavy atom. The second kappa shape index (κ2) is 11.2. The van der Waals surface area contributed by atoms with Crippen LogP contribution in [0, 0.1) is 39.8 Å². The first-order valence-corrected chi connectivity index (χ1v) is 13.4. The molecule has 7 rings (SSSR count). The molecule has 0 saturated carbocycles. The van der Waals surface area contributed by atoms with E-state index in [0.717, 1.165) is 44.5 Å². The Labute approximate surface area is 245 Å². The van der Waals surface area contributed by atoms with Gasteiger partial charge in [-0.2, -0.15) is 0 Å². The molecule has 5 heteroatoms. The van der Waals surface area contributed by atoms with Crippen molar-refractivity contribution in [2.75, 3.05) is 0 Å². The van der Waals surface area contributed by atoms with Gasteiger partial charge in [0.2, 0.25) is 0 Å². The Bertz CT molecular complexity index is 1900. The van der Waals surface area contributed by atoms with Crippen molar-refractivity contribution in [3.05, 3.63) is 119 Å². The molecule has 0 bridgehead atoms. The van der Waals surface area contributed by atoms with Gasteiger partial charge >= 0.3 is 0 Å². The Balaban J connectivity index is 0.000000187. The normalized spacial score (nSPS) is 10.9. The van der Waals surface area contributed by atoms with Crippen LogP contribution in [0.5, 0.6) is 0 Å². The van der Waals surface area contributed by atoms with E-state index >= 15 is 0 Å². The zero-order chi connectivity index (χ0) is 26.2. The van der Waals surface area contributed by atoms with Crippen molar-refractivity contribution in [1.29, 1.82) is 0 Å². The minimum atomic E-state index is 0. The van der Waals surface area contributed by atoms with Crippen LogP contribution in [0.4, 0.5) is 0 Å². The molecule has 7 aromatic rings. The molecule has 4 heterocycles. The summed E-state index contributed by atoms with van der Waals surface area (Å²) < 4.78 is 7.63. The molecular formula is C34H26IrN2OS-2. The van der Waals surface area contributed by atoms with Crippen LogP contribution in [0.2, 0.25) is 0 Å². The number of fused-ring (bicyclic) bond motifs is 5. The Morgan fingerprint density at radius 1 is 0.692 bits per heavy atom. The number of hydrogen-bond donors (Lipinski definition) is 0. The number of aryl methyl sites for hydroxylation is 4. The van der Waals surface area contributed by atoms with Crippen molar-refractivity contribution in [3.63, 3.8) is 0 Å². The Kier molecular flexibility index (Phi) is 7.76. The Morgan fingerprint density at radius 3 is 2.26 bits per heavy atom. The fraction of sp³-hybridized carbons (Fsp3) is 0.118. The van der Waals surface area contributed by atoms with Crippen molar-refractivity contribution in [2.45, 2.75) is 27.7 Å². The summed E-state index contributed by atoms with van der Waals surface area (Å²) in [7, 11) is 0. The standard InChI is InChI=1S/C22H16NOS.C12H10N.Ir/c1-12-9-19(23-11-13(12)2)17-6-4-5-15-16-7-8-20-18(10-14(3)25-20)22(16)24-21(15)17;1-10-7-8-12(13-9-10)11-5-3-2-4-6-11;/h4-5,7-11H,1-3H3;2-5,7-9H,1H3;/q2*-1;. The second-order valence-corrected chi connectivity index (χ2v) is 10.8. The first-order valence-electron chi connectivity index (χ1n) is 12.6. The fourth-order valence-electron chi connectivity index (χ4n) is 4.57. The number of pyridine rings is 2. The zero-order valence-electron chi connectivity index (χ0n) is 22.1. The summed E-state index contributed by atoms with van der Waals surface area (Å²) in [4.78, 5) is 10.2. The van der Waals surface area contributed by atoms with E-state index in [4.69, 9.17) is 4.42 Å². The Hall–Kier alpha value is -3.63. The molecule has 195 valence electrons. The molecule has 0 atom stereocenters. The summed E-state index contributed by atoms with van der Waals surface area (Å²) >= 11 is 1.80. The van der Waals surface area contributed by atoms with Gasteiger partial charge in [-0.1, -0.05) is 40.8 Å². The van der Waals surface area contributed by atoms with Crippen LogP contribution < -0.4 is 0 Å². The van der Waals surface area contributed by atoms with Crippen LogP contribution >= 0.6 is 11.3 Å². The molecule has 0 fully saturated rings. The summed E-state index contributed by atoms with van der Waals surface area (Å²) in [5.41, 5.74) is 9.28. The summed E-state index contributed by atoms with van der Waals surface area (Å²) in [6.07, 6.45) is 3.79. The fourth-order valence-corrected chi connectivity index (χ4v) is 5.49. The van der Waals surface area contributed by atoms with E-state index in [0.29, 0.717) is 0 Å². The molecule has 0 saturated heterocycles. The van der Waals surface area contributed by atoms with Gasteiger partial charge in [-0.15, -0.1) is 65.4 Å². The van der Waals surface area contributed by atoms with Gasteiger partial charge in [0.25, 0.3) is 0 Å². The van der Waals surface area contributed by atoms with Crippen LogP contribution in [-0.4, -0.2) is 9.97 Å². The quantitative estimate of drug-likeness (QED) is 0.169. The summed E-state index contributed by atoms with van der Waals surface area (Å²) in [6, 6.07) is 31.1. The third-order valence-electron chi connectivity index (χ3n) is 6.74. The second-order valence-electron chi connectivity index (χ2n) is 9.56. The first kappa shape index (κ1) is 27.0. The molecule has 0 aliphatic heterocycles. The summed E-state index contributed by atoms with van der Waals surface area (Å²) in [5, 5.41) is 3.46. The molecule has 4 aromatic heterocycles. The summed E-state index contributed by atoms with van der Waals surface area (Å²) in [6.45, 7) is 8.35. The minimum Gasteiger partial charge on any atom is -0.500 e. The maximum Gasteiger partial charge on any atom is 0.129 e. The molecule has 0 aliphatic carbocycles. The average Bonchev–Trinajstić information content (AvgIpc) is 3.51. The van der Waals surface area contributed by atoms with Gasteiger partial charge in [-0.3, -0.25) is 0 Å². The van der Waals surface area contributed by atoms with Crippen LogP contribution in [-0.2, 0) is 20.1 Å². The smallest absolute Gasteiger partial charge is 0.129 e. The summed E-state index contributed by atoms with van der Waals surface area (Å²) in [5.74, 6) is 0. The number of nitrogens with zero attached hydrogens (tertiary/aromatic N) is 2. The van der Waals surface area contributed by atoms with Gasteiger partial charge in [0.1, 0.15) is 5.58 Å². The van der Waals surface area contributed by atoms with E-state index in [-0.39, 0.29) is 20.1 Å². The molecule has 0 unspecified atom stereocenters. The maximum absolute atomic E-state index is 6.37. The zero-order valence-corrected chi connectivity index (χ0v) is 25.3. The number of thiophene rings is 1. The first-order chi connectivity index (χ1) is 18.5. The number of rotatable bonds is 2. The van der Waals surface area contributed by atoms with Gasteiger partial charge in [-0.05, 0) is 62.3 Å². The van der Waals surface area contributed by atoms with Gasteiger partial charge < -0.3 is 14.4 Å². The maximum atomic E-state index is 6.37. The molecule has 0 aliphatic rings. The van der Waals surface area contributed by atoms with Gasteiger partial charge in [-0.25, -0.2) is 0 Å². The van der Waals surface area contributed by atoms with E-state index < -0.39 is 0 Å². The average molecular weight is 703 g/mol. The molecular weight excluding hydrogens is 677 g/mol. The van der Waals surface area contributed by atoms with Crippen molar-refractivity contribution in [2.24, 2.45) is 0 Å². The van der Waals surface area contributed by atoms with Crippen molar-refractivity contribution in [3.8, 4) is 22.5 Å². The van der Waals surface area contributed by atoms with Crippen molar-refractivity contribution >= 4 is 43.4 Å². The van der Waals surface area contributed by atoms with E-state index in [9.17, 15) is 0 Å². The molecule has 1 radical (unpaired) electrons. The minimum absolute atomic E-state index is 0. The molecule has 3 nitrogen and oxygen atoms in total. The van der Waals surface area contributed by atoms with Gasteiger partial charge in [0, 0.05) is 52.8 Å². The largest absolute Gasteiger partial charge is 0.500 e. The number of aromatic nitrogens is 2. The molecule has 0 N–H and O–H groups in total. The monoisotopic (exact) mass is 703 g/mol. The van der Waals surface area contributed by atoms with E-state index in [1.807, 2.05) is 55.7 Å². The predicted molar refractivity (Wildman–Crippen MR) is 159 cm³/mol. The SMILES string of the molecule is Cc1cc2c(ccc3c4cc[c-]c(-c5cc(C)c(C)cn5)c4oc23)s1.Cc1ccc(-c2[c-]cccc2)nc1.[Ir]. The number of furan rings is 1. The van der Waals surface area contributed by atoms with Gasteiger partial charge in [0.05, 0.1) is 5.58 Å². The van der Waals surface area contributed by atoms with E-state index in [1.165, 1.54) is 31.7 Å². The predicted octanol–water partition coefficient (Wildman–Crippen LogP) is 9.44. The van der Waals surface area contributed by atoms with Crippen molar-refractivity contribution in [1.82, 2.24) is 9.97 Å². The van der Waals surface area contributed by atoms with Crippen LogP contribution in [0.25, 0.3) is 54.5 Å². The topological polar surface area (TPSA) is 38.9 Å². The molecule has 0 amide bonds. The van der Waals surface area contributed by atoms with E-state index in [1.54, 1.807) is 11.3 Å². The van der Waals surface area contributed by atoms with E-state index in [2.05, 4.69) is 79.3 Å². The number of hydrogen-bond acceptors (Lipinski definition) is 4. The molecule has 39 heavy (non-hydrogen) atoms. The van der Waals surface area contributed by atoms with Gasteiger partial charge in [0.15, 0.2) is 0 Å². The molecule has 0 spiro atoms. The van der Waals surface area contributed by atoms with Crippen LogP contribution in [0.15, 0.2) is 89.6 Å².